The molecule has 0 N–H and O–H groups in total. The zero-order valence-corrected chi connectivity index (χ0v) is 20.4. The Hall–Kier alpha value is -3.41. The van der Waals surface area contributed by atoms with E-state index in [1.807, 2.05) is 66.8 Å². The van der Waals surface area contributed by atoms with E-state index in [-0.39, 0.29) is 11.9 Å². The number of pyridine rings is 1. The third kappa shape index (κ3) is 3.95. The van der Waals surface area contributed by atoms with Gasteiger partial charge in [-0.05, 0) is 48.7 Å². The third-order valence-corrected chi connectivity index (χ3v) is 7.48. The highest BCUT2D eigenvalue weighted by Gasteiger charge is 2.36. The molecule has 1 saturated heterocycles. The van der Waals surface area contributed by atoms with Crippen molar-refractivity contribution in [2.75, 3.05) is 18.1 Å². The van der Waals surface area contributed by atoms with E-state index in [1.165, 1.54) is 12.0 Å². The van der Waals surface area contributed by atoms with Gasteiger partial charge in [0.1, 0.15) is 0 Å². The lowest BCUT2D eigenvalue weighted by Gasteiger charge is -2.38. The molecule has 1 amide bonds. The number of likely N-dealkylation sites (tertiary alicyclic amines) is 1. The number of piperidine rings is 1. The molecular formula is C29H27ClN4O. The number of amides is 1. The van der Waals surface area contributed by atoms with Gasteiger partial charge in [-0.2, -0.15) is 0 Å². The molecule has 0 spiro atoms. The summed E-state index contributed by atoms with van der Waals surface area (Å²) >= 11 is 6.41. The van der Waals surface area contributed by atoms with Crippen molar-refractivity contribution >= 4 is 45.7 Å². The number of para-hydroxylation sites is 1. The van der Waals surface area contributed by atoms with Gasteiger partial charge in [0.25, 0.3) is 5.91 Å². The molecule has 176 valence electrons. The molecule has 0 unspecified atom stereocenters. The second kappa shape index (κ2) is 8.99. The first-order valence-electron chi connectivity index (χ1n) is 12.1. The lowest BCUT2D eigenvalue weighted by Crippen LogP contribution is -2.43. The van der Waals surface area contributed by atoms with E-state index in [0.29, 0.717) is 17.3 Å². The molecule has 6 heteroatoms. The van der Waals surface area contributed by atoms with Gasteiger partial charge in [0.05, 0.1) is 12.4 Å². The minimum atomic E-state index is 0.0192. The lowest BCUT2D eigenvalue weighted by molar-refractivity contribution is -0.113. The molecule has 2 aliphatic rings. The summed E-state index contributed by atoms with van der Waals surface area (Å²) in [4.78, 5) is 22.5. The highest BCUT2D eigenvalue weighted by Crippen LogP contribution is 2.41. The molecule has 1 fully saturated rings. The van der Waals surface area contributed by atoms with Gasteiger partial charge < -0.3 is 4.57 Å². The van der Waals surface area contributed by atoms with Crippen LogP contribution in [-0.4, -0.2) is 33.6 Å². The topological polar surface area (TPSA) is 41.4 Å². The fourth-order valence-electron chi connectivity index (χ4n) is 5.54. The first kappa shape index (κ1) is 22.1. The summed E-state index contributed by atoms with van der Waals surface area (Å²) in [6.45, 7) is 1.47. The van der Waals surface area contributed by atoms with Crippen LogP contribution in [0.3, 0.4) is 0 Å². The molecule has 0 bridgehead atoms. The molecule has 35 heavy (non-hydrogen) atoms. The maximum atomic E-state index is 13.9. The van der Waals surface area contributed by atoms with Crippen LogP contribution in [0.1, 0.15) is 42.0 Å². The van der Waals surface area contributed by atoms with Crippen molar-refractivity contribution in [3.63, 3.8) is 0 Å². The lowest BCUT2D eigenvalue weighted by atomic mass is 9.97. The largest absolute Gasteiger partial charge is 0.350 e. The van der Waals surface area contributed by atoms with E-state index >= 15 is 0 Å². The zero-order chi connectivity index (χ0) is 23.9. The summed E-state index contributed by atoms with van der Waals surface area (Å²) < 4.78 is 2.11. The highest BCUT2D eigenvalue weighted by molar-refractivity contribution is 6.37. The Balaban J connectivity index is 1.39. The van der Waals surface area contributed by atoms with Crippen LogP contribution < -0.4 is 4.90 Å². The number of carbonyl (C=O) groups is 1. The molecule has 2 aliphatic heterocycles. The number of hydrogen-bond donors (Lipinski definition) is 0. The molecule has 4 heterocycles. The Kier molecular flexibility index (Phi) is 5.67. The Morgan fingerprint density at radius 2 is 2.00 bits per heavy atom. The average molecular weight is 483 g/mol. The number of aryl methyl sites for hydroxylation is 1. The summed E-state index contributed by atoms with van der Waals surface area (Å²) in [5.74, 6) is 0.0192. The van der Waals surface area contributed by atoms with Crippen molar-refractivity contribution in [3.8, 4) is 0 Å². The predicted molar refractivity (Wildman–Crippen MR) is 142 cm³/mol. The molecule has 2 aromatic heterocycles. The molecule has 0 radical (unpaired) electrons. The van der Waals surface area contributed by atoms with Crippen molar-refractivity contribution in [1.82, 2.24) is 14.5 Å². The van der Waals surface area contributed by atoms with Crippen LogP contribution in [-0.2, 0) is 11.8 Å². The zero-order valence-electron chi connectivity index (χ0n) is 19.7. The van der Waals surface area contributed by atoms with Gasteiger partial charge in [-0.25, -0.2) is 0 Å². The van der Waals surface area contributed by atoms with Crippen molar-refractivity contribution in [2.45, 2.75) is 25.3 Å². The Bertz CT molecular complexity index is 1440. The standard InChI is InChI=1S/C29H27ClN4O/c1-32-18-21(23-8-2-3-10-27(23)32)15-25-24-12-11-22(30)16-28(24)34(29(25)35)19-33-14-5-4-9-26(33)20-7-6-13-31-17-20/h2-3,6-8,10-13,15-18,26H,4-5,9,14,19H2,1H3/t26-/m0/s1. The number of anilines is 1. The second-order valence-electron chi connectivity index (χ2n) is 9.42. The van der Waals surface area contributed by atoms with Gasteiger partial charge in [0, 0.05) is 70.9 Å². The molecule has 1 atom stereocenters. The van der Waals surface area contributed by atoms with Crippen LogP contribution in [0.2, 0.25) is 5.02 Å². The second-order valence-corrected chi connectivity index (χ2v) is 9.85. The summed E-state index contributed by atoms with van der Waals surface area (Å²) in [5, 5.41) is 1.77. The molecule has 4 aromatic rings. The fourth-order valence-corrected chi connectivity index (χ4v) is 5.71. The van der Waals surface area contributed by atoms with E-state index in [9.17, 15) is 4.79 Å². The van der Waals surface area contributed by atoms with Gasteiger partial charge in [-0.1, -0.05) is 48.4 Å². The number of fused-ring (bicyclic) bond motifs is 2. The molecule has 2 aromatic carbocycles. The number of carbonyl (C=O) groups excluding carboxylic acids is 1. The number of benzene rings is 2. The molecule has 5 nitrogen and oxygen atoms in total. The Morgan fingerprint density at radius 1 is 1.11 bits per heavy atom. The van der Waals surface area contributed by atoms with E-state index in [2.05, 4.69) is 38.8 Å². The average Bonchev–Trinajstić information content (AvgIpc) is 3.34. The number of rotatable bonds is 4. The van der Waals surface area contributed by atoms with Gasteiger partial charge in [-0.15, -0.1) is 0 Å². The van der Waals surface area contributed by atoms with Gasteiger partial charge >= 0.3 is 0 Å². The number of aromatic nitrogens is 2. The SMILES string of the molecule is Cn1cc(C=C2C(=O)N(CN3CCCC[C@H]3c3cccnc3)c3cc(Cl)ccc32)c2ccccc21. The molecule has 6 rings (SSSR count). The van der Waals surface area contributed by atoms with Crippen molar-refractivity contribution in [2.24, 2.45) is 7.05 Å². The fraction of sp³-hybridized carbons (Fsp3) is 0.241. The minimum Gasteiger partial charge on any atom is -0.350 e. The van der Waals surface area contributed by atoms with E-state index in [4.69, 9.17) is 11.6 Å². The Labute approximate surface area is 210 Å². The van der Waals surface area contributed by atoms with Crippen LogP contribution in [0.4, 0.5) is 5.69 Å². The van der Waals surface area contributed by atoms with E-state index in [0.717, 1.165) is 47.1 Å². The van der Waals surface area contributed by atoms with Crippen molar-refractivity contribution < 1.29 is 4.79 Å². The van der Waals surface area contributed by atoms with Crippen molar-refractivity contribution in [1.29, 1.82) is 0 Å². The summed E-state index contributed by atoms with van der Waals surface area (Å²) in [6, 6.07) is 18.4. The maximum Gasteiger partial charge on any atom is 0.260 e. The number of nitrogens with zero attached hydrogens (tertiary/aromatic N) is 4. The summed E-state index contributed by atoms with van der Waals surface area (Å²) in [6.07, 6.45) is 11.3. The summed E-state index contributed by atoms with van der Waals surface area (Å²) in [5.41, 5.74) is 5.91. The van der Waals surface area contributed by atoms with Crippen LogP contribution in [0.15, 0.2) is 73.2 Å². The molecule has 0 saturated carbocycles. The van der Waals surface area contributed by atoms with Crippen molar-refractivity contribution in [3.05, 3.63) is 94.9 Å². The van der Waals surface area contributed by atoms with Crippen LogP contribution in [0.5, 0.6) is 0 Å². The van der Waals surface area contributed by atoms with Crippen LogP contribution in [0.25, 0.3) is 22.6 Å². The normalized spacial score (nSPS) is 19.6. The first-order chi connectivity index (χ1) is 17.1. The third-order valence-electron chi connectivity index (χ3n) is 7.25. The highest BCUT2D eigenvalue weighted by atomic mass is 35.5. The molecule has 0 aliphatic carbocycles. The number of hydrogen-bond acceptors (Lipinski definition) is 3. The summed E-state index contributed by atoms with van der Waals surface area (Å²) in [7, 11) is 2.04. The predicted octanol–water partition coefficient (Wildman–Crippen LogP) is 6.30. The van der Waals surface area contributed by atoms with Crippen LogP contribution >= 0.6 is 11.6 Å². The monoisotopic (exact) mass is 482 g/mol. The minimum absolute atomic E-state index is 0.0192. The van der Waals surface area contributed by atoms with E-state index < -0.39 is 0 Å². The smallest absolute Gasteiger partial charge is 0.260 e. The first-order valence-corrected chi connectivity index (χ1v) is 12.5. The molecular weight excluding hydrogens is 456 g/mol. The van der Waals surface area contributed by atoms with E-state index in [1.54, 1.807) is 0 Å². The van der Waals surface area contributed by atoms with Gasteiger partial charge in [-0.3, -0.25) is 19.6 Å². The van der Waals surface area contributed by atoms with Gasteiger partial charge in [0.15, 0.2) is 0 Å². The van der Waals surface area contributed by atoms with Gasteiger partial charge in [0.2, 0.25) is 0 Å². The maximum absolute atomic E-state index is 13.9. The number of halogens is 1. The Morgan fingerprint density at radius 3 is 2.86 bits per heavy atom. The van der Waals surface area contributed by atoms with Crippen LogP contribution in [0, 0.1) is 0 Å². The quantitative estimate of drug-likeness (QED) is 0.320.